The van der Waals surface area contributed by atoms with Gasteiger partial charge in [0.2, 0.25) is 0 Å². The molecule has 0 amide bonds. The Morgan fingerprint density at radius 2 is 1.86 bits per heavy atom. The van der Waals surface area contributed by atoms with Crippen molar-refractivity contribution in [2.24, 2.45) is 0 Å². The zero-order chi connectivity index (χ0) is 16.1. The number of rotatable bonds is 6. The van der Waals surface area contributed by atoms with E-state index in [0.29, 0.717) is 11.4 Å². The van der Waals surface area contributed by atoms with Gasteiger partial charge in [-0.05, 0) is 34.9 Å². The van der Waals surface area contributed by atoms with Gasteiger partial charge in [-0.25, -0.2) is 8.78 Å². The SMILES string of the molecule is CCCCOC(=O)C(c1ccc2cc(Cl)ccc2c1)C(F)F. The molecule has 2 rings (SSSR count). The van der Waals surface area contributed by atoms with Crippen LogP contribution in [-0.4, -0.2) is 19.0 Å². The van der Waals surface area contributed by atoms with E-state index < -0.39 is 18.3 Å². The number of carbonyl (C=O) groups is 1. The Kier molecular flexibility index (Phi) is 5.72. The lowest BCUT2D eigenvalue weighted by atomic mass is 9.96. The molecule has 1 atom stereocenters. The smallest absolute Gasteiger partial charge is 0.319 e. The third-order valence-corrected chi connectivity index (χ3v) is 3.67. The zero-order valence-corrected chi connectivity index (χ0v) is 12.9. The first kappa shape index (κ1) is 16.7. The molecule has 0 aromatic heterocycles. The lowest BCUT2D eigenvalue weighted by molar-refractivity contribution is -0.149. The molecule has 1 unspecified atom stereocenters. The van der Waals surface area contributed by atoms with Crippen molar-refractivity contribution in [3.63, 3.8) is 0 Å². The number of esters is 1. The van der Waals surface area contributed by atoms with Crippen LogP contribution in [0, 0.1) is 0 Å². The van der Waals surface area contributed by atoms with E-state index in [9.17, 15) is 13.6 Å². The molecule has 0 aliphatic carbocycles. The normalized spacial score (nSPS) is 12.6. The van der Waals surface area contributed by atoms with Crippen molar-refractivity contribution in [2.45, 2.75) is 32.1 Å². The summed E-state index contributed by atoms with van der Waals surface area (Å²) in [5, 5.41) is 2.17. The first-order valence-electron chi connectivity index (χ1n) is 7.17. The molecule has 0 saturated carbocycles. The standard InChI is InChI=1S/C17H17ClF2O2/c1-2-3-8-22-17(21)15(16(19)20)13-5-4-12-10-14(18)7-6-11(12)9-13/h4-7,9-10,15-16H,2-3,8H2,1H3. The minimum absolute atomic E-state index is 0.168. The highest BCUT2D eigenvalue weighted by molar-refractivity contribution is 6.31. The Hall–Kier alpha value is -1.68. The number of ether oxygens (including phenoxy) is 1. The number of halogens is 3. The molecule has 0 aliphatic heterocycles. The van der Waals surface area contributed by atoms with Crippen LogP contribution in [0.3, 0.4) is 0 Å². The van der Waals surface area contributed by atoms with Crippen molar-refractivity contribution in [2.75, 3.05) is 6.61 Å². The summed E-state index contributed by atoms with van der Waals surface area (Å²) in [5.74, 6) is -2.44. The number of benzene rings is 2. The quantitative estimate of drug-likeness (QED) is 0.539. The molecule has 0 spiro atoms. The summed E-state index contributed by atoms with van der Waals surface area (Å²) in [5.41, 5.74) is 0.256. The van der Waals surface area contributed by atoms with Gasteiger partial charge in [0.05, 0.1) is 6.61 Å². The summed E-state index contributed by atoms with van der Waals surface area (Å²) >= 11 is 5.90. The van der Waals surface area contributed by atoms with Crippen LogP contribution < -0.4 is 0 Å². The lowest BCUT2D eigenvalue weighted by Crippen LogP contribution is -2.23. The summed E-state index contributed by atoms with van der Waals surface area (Å²) in [7, 11) is 0. The van der Waals surface area contributed by atoms with Crippen LogP contribution in [-0.2, 0) is 9.53 Å². The van der Waals surface area contributed by atoms with Gasteiger partial charge in [0.15, 0.2) is 0 Å². The molecule has 5 heteroatoms. The van der Waals surface area contributed by atoms with Crippen LogP contribution in [0.1, 0.15) is 31.2 Å². The lowest BCUT2D eigenvalue weighted by Gasteiger charge is -2.16. The van der Waals surface area contributed by atoms with Gasteiger partial charge >= 0.3 is 5.97 Å². The Bertz CT molecular complexity index is 658. The summed E-state index contributed by atoms with van der Waals surface area (Å²) in [6.07, 6.45) is -1.31. The van der Waals surface area contributed by atoms with Crippen LogP contribution in [0.4, 0.5) is 8.78 Å². The molecule has 2 aromatic carbocycles. The van der Waals surface area contributed by atoms with Crippen molar-refractivity contribution in [3.8, 4) is 0 Å². The van der Waals surface area contributed by atoms with Gasteiger partial charge in [-0.3, -0.25) is 4.79 Å². The van der Waals surface area contributed by atoms with E-state index in [1.165, 1.54) is 6.07 Å². The van der Waals surface area contributed by atoms with E-state index in [-0.39, 0.29) is 12.2 Å². The molecule has 2 aromatic rings. The average molecular weight is 327 g/mol. The van der Waals surface area contributed by atoms with Gasteiger partial charge in [-0.15, -0.1) is 0 Å². The fourth-order valence-corrected chi connectivity index (χ4v) is 2.40. The predicted octanol–water partition coefficient (Wildman–Crippen LogP) is 5.19. The average Bonchev–Trinajstić information content (AvgIpc) is 2.47. The van der Waals surface area contributed by atoms with E-state index in [2.05, 4.69) is 0 Å². The number of carbonyl (C=O) groups excluding carboxylic acids is 1. The van der Waals surface area contributed by atoms with Gasteiger partial charge in [0.25, 0.3) is 6.43 Å². The molecule has 22 heavy (non-hydrogen) atoms. The van der Waals surface area contributed by atoms with Gasteiger partial charge in [-0.2, -0.15) is 0 Å². The number of hydrogen-bond acceptors (Lipinski definition) is 2. The maximum Gasteiger partial charge on any atom is 0.319 e. The van der Waals surface area contributed by atoms with Crippen LogP contribution in [0.2, 0.25) is 5.02 Å². The van der Waals surface area contributed by atoms with Crippen molar-refractivity contribution in [1.82, 2.24) is 0 Å². The Morgan fingerprint density at radius 1 is 1.18 bits per heavy atom. The second-order valence-corrected chi connectivity index (χ2v) is 5.52. The summed E-state index contributed by atoms with van der Waals surface area (Å²) in [6, 6.07) is 9.97. The summed E-state index contributed by atoms with van der Waals surface area (Å²) in [6.45, 7) is 2.11. The molecule has 0 aliphatic rings. The Morgan fingerprint density at radius 3 is 2.55 bits per heavy atom. The molecule has 0 bridgehead atoms. The maximum atomic E-state index is 13.3. The fourth-order valence-electron chi connectivity index (χ4n) is 2.22. The molecule has 0 fully saturated rings. The monoisotopic (exact) mass is 326 g/mol. The fraction of sp³-hybridized carbons (Fsp3) is 0.353. The summed E-state index contributed by atoms with van der Waals surface area (Å²) in [4.78, 5) is 11.9. The molecular weight excluding hydrogens is 310 g/mol. The van der Waals surface area contributed by atoms with E-state index in [0.717, 1.165) is 17.2 Å². The van der Waals surface area contributed by atoms with E-state index >= 15 is 0 Å². The Labute approximate surface area is 133 Å². The van der Waals surface area contributed by atoms with Crippen LogP contribution in [0.15, 0.2) is 36.4 Å². The highest BCUT2D eigenvalue weighted by Gasteiger charge is 2.31. The minimum Gasteiger partial charge on any atom is -0.465 e. The number of hydrogen-bond donors (Lipinski definition) is 0. The van der Waals surface area contributed by atoms with Crippen LogP contribution in [0.5, 0.6) is 0 Å². The largest absolute Gasteiger partial charge is 0.465 e. The molecule has 118 valence electrons. The molecule has 2 nitrogen and oxygen atoms in total. The third kappa shape index (κ3) is 3.95. The Balaban J connectivity index is 2.28. The van der Waals surface area contributed by atoms with Gasteiger partial charge in [-0.1, -0.05) is 49.2 Å². The van der Waals surface area contributed by atoms with Crippen molar-refractivity contribution >= 4 is 28.3 Å². The molecule has 0 radical (unpaired) electrons. The number of fused-ring (bicyclic) bond motifs is 1. The number of unbranched alkanes of at least 4 members (excludes halogenated alkanes) is 1. The van der Waals surface area contributed by atoms with Crippen LogP contribution in [0.25, 0.3) is 10.8 Å². The molecule has 0 saturated heterocycles. The van der Waals surface area contributed by atoms with E-state index in [4.69, 9.17) is 16.3 Å². The predicted molar refractivity (Wildman–Crippen MR) is 83.6 cm³/mol. The van der Waals surface area contributed by atoms with Gasteiger partial charge in [0, 0.05) is 5.02 Å². The van der Waals surface area contributed by atoms with Crippen molar-refractivity contribution in [1.29, 1.82) is 0 Å². The minimum atomic E-state index is -2.81. The first-order valence-corrected chi connectivity index (χ1v) is 7.54. The molecule has 0 N–H and O–H groups in total. The van der Waals surface area contributed by atoms with Crippen molar-refractivity contribution < 1.29 is 18.3 Å². The molecular formula is C17H17ClF2O2. The second-order valence-electron chi connectivity index (χ2n) is 5.08. The molecule has 0 heterocycles. The highest BCUT2D eigenvalue weighted by atomic mass is 35.5. The van der Waals surface area contributed by atoms with Crippen LogP contribution >= 0.6 is 11.6 Å². The van der Waals surface area contributed by atoms with E-state index in [1.54, 1.807) is 30.3 Å². The maximum absolute atomic E-state index is 13.3. The third-order valence-electron chi connectivity index (χ3n) is 3.43. The topological polar surface area (TPSA) is 26.3 Å². The first-order chi connectivity index (χ1) is 10.5. The number of alkyl halides is 2. The zero-order valence-electron chi connectivity index (χ0n) is 12.2. The highest BCUT2D eigenvalue weighted by Crippen LogP contribution is 2.29. The van der Waals surface area contributed by atoms with E-state index in [1.807, 2.05) is 6.92 Å². The summed E-state index contributed by atoms with van der Waals surface area (Å²) < 4.78 is 31.5. The van der Waals surface area contributed by atoms with Gasteiger partial charge < -0.3 is 4.74 Å². The second kappa shape index (κ2) is 7.54. The van der Waals surface area contributed by atoms with Crippen molar-refractivity contribution in [3.05, 3.63) is 47.0 Å². The van der Waals surface area contributed by atoms with Gasteiger partial charge in [0.1, 0.15) is 5.92 Å².